The fourth-order valence-electron chi connectivity index (χ4n) is 4.01. The lowest BCUT2D eigenvalue weighted by atomic mass is 10.0. The Morgan fingerprint density at radius 2 is 1.83 bits per heavy atom. The van der Waals surface area contributed by atoms with Crippen LogP contribution in [0.3, 0.4) is 0 Å². The third-order valence-corrected chi connectivity index (χ3v) is 6.48. The summed E-state index contributed by atoms with van der Waals surface area (Å²) < 4.78 is 13.5. The highest BCUT2D eigenvalue weighted by Gasteiger charge is 2.40. The number of nitrogens with zero attached hydrogens (tertiary/aromatic N) is 3. The van der Waals surface area contributed by atoms with Crippen molar-refractivity contribution in [3.8, 4) is 22.0 Å². The summed E-state index contributed by atoms with van der Waals surface area (Å²) in [4.78, 5) is 19.6. The lowest BCUT2D eigenvalue weighted by molar-refractivity contribution is -0.187. The van der Waals surface area contributed by atoms with Gasteiger partial charge < -0.3 is 18.9 Å². The maximum absolute atomic E-state index is 12.9. The van der Waals surface area contributed by atoms with Gasteiger partial charge in [-0.25, -0.2) is 4.98 Å². The summed E-state index contributed by atoms with van der Waals surface area (Å²) >= 11 is 1.60. The number of likely N-dealkylation sites (tertiary alicyclic amines) is 1. The van der Waals surface area contributed by atoms with Crippen LogP contribution >= 0.6 is 11.3 Å². The standard InChI is InChI=1S/C22H23N3O3S/c26-20(24-11-8-22(9-12-24)27-13-14-28-22)15-25-10-4-7-19(25)21-23-18(16-29-21)17-5-2-1-3-6-17/h1-7,10,16H,8-9,11-15H2. The zero-order valence-corrected chi connectivity index (χ0v) is 16.9. The molecule has 0 atom stereocenters. The molecule has 150 valence electrons. The molecule has 3 aromatic rings. The molecule has 6 nitrogen and oxygen atoms in total. The zero-order chi connectivity index (χ0) is 19.7. The molecule has 2 aliphatic rings. The van der Waals surface area contributed by atoms with Crippen molar-refractivity contribution in [2.45, 2.75) is 25.2 Å². The van der Waals surface area contributed by atoms with Gasteiger partial charge in [-0.1, -0.05) is 30.3 Å². The molecule has 0 saturated carbocycles. The summed E-state index contributed by atoms with van der Waals surface area (Å²) in [6.45, 7) is 2.96. The molecule has 1 spiro atoms. The monoisotopic (exact) mass is 409 g/mol. The van der Waals surface area contributed by atoms with E-state index in [4.69, 9.17) is 14.5 Å². The molecule has 2 fully saturated rings. The second-order valence-electron chi connectivity index (χ2n) is 7.41. The van der Waals surface area contributed by atoms with Crippen molar-refractivity contribution >= 4 is 17.2 Å². The first-order valence-electron chi connectivity index (χ1n) is 9.95. The summed E-state index contributed by atoms with van der Waals surface area (Å²) in [6, 6.07) is 14.1. The Bertz CT molecular complexity index is 982. The number of piperidine rings is 1. The van der Waals surface area contributed by atoms with Crippen LogP contribution in [0, 0.1) is 0 Å². The summed E-state index contributed by atoms with van der Waals surface area (Å²) in [5, 5.41) is 2.99. The van der Waals surface area contributed by atoms with E-state index in [1.807, 2.05) is 46.0 Å². The van der Waals surface area contributed by atoms with Crippen molar-refractivity contribution in [3.63, 3.8) is 0 Å². The molecule has 1 aromatic carbocycles. The molecule has 2 aliphatic heterocycles. The molecular weight excluding hydrogens is 386 g/mol. The van der Waals surface area contributed by atoms with Crippen LogP contribution in [0.2, 0.25) is 0 Å². The molecule has 2 saturated heterocycles. The maximum Gasteiger partial charge on any atom is 0.242 e. The van der Waals surface area contributed by atoms with Crippen molar-refractivity contribution in [1.29, 1.82) is 0 Å². The van der Waals surface area contributed by atoms with Gasteiger partial charge >= 0.3 is 0 Å². The zero-order valence-electron chi connectivity index (χ0n) is 16.1. The van der Waals surface area contributed by atoms with E-state index >= 15 is 0 Å². The lowest BCUT2D eigenvalue weighted by Gasteiger charge is -2.37. The van der Waals surface area contributed by atoms with E-state index in [0.29, 0.717) is 32.8 Å². The van der Waals surface area contributed by atoms with E-state index in [1.54, 1.807) is 11.3 Å². The Morgan fingerprint density at radius 1 is 1.07 bits per heavy atom. The molecule has 1 amide bonds. The van der Waals surface area contributed by atoms with Gasteiger partial charge in [-0.3, -0.25) is 4.79 Å². The third-order valence-electron chi connectivity index (χ3n) is 5.62. The average molecular weight is 410 g/mol. The molecule has 2 aromatic heterocycles. The van der Waals surface area contributed by atoms with Gasteiger partial charge in [0.2, 0.25) is 5.91 Å². The fourth-order valence-corrected chi connectivity index (χ4v) is 4.88. The van der Waals surface area contributed by atoms with Crippen molar-refractivity contribution in [2.24, 2.45) is 0 Å². The molecule has 5 rings (SSSR count). The number of aromatic nitrogens is 2. The van der Waals surface area contributed by atoms with Gasteiger partial charge in [-0.2, -0.15) is 0 Å². The minimum absolute atomic E-state index is 0.120. The number of rotatable bonds is 4. The maximum atomic E-state index is 12.9. The Kier molecular flexibility index (Phi) is 4.95. The molecule has 29 heavy (non-hydrogen) atoms. The number of carbonyl (C=O) groups excluding carboxylic acids is 1. The van der Waals surface area contributed by atoms with E-state index in [0.717, 1.165) is 34.8 Å². The molecule has 4 heterocycles. The van der Waals surface area contributed by atoms with Gasteiger partial charge in [0.15, 0.2) is 5.79 Å². The number of hydrogen-bond donors (Lipinski definition) is 0. The van der Waals surface area contributed by atoms with E-state index in [2.05, 4.69) is 17.5 Å². The SMILES string of the molecule is O=C(Cn1cccc1-c1nc(-c2ccccc2)cs1)N1CCC2(CC1)OCCO2. The van der Waals surface area contributed by atoms with Gasteiger partial charge in [-0.15, -0.1) is 11.3 Å². The van der Waals surface area contributed by atoms with Crippen molar-refractivity contribution in [3.05, 3.63) is 54.0 Å². The molecule has 7 heteroatoms. The Labute approximate surface area is 173 Å². The number of hydrogen-bond acceptors (Lipinski definition) is 5. The normalized spacial score (nSPS) is 18.4. The molecule has 0 N–H and O–H groups in total. The van der Waals surface area contributed by atoms with Crippen molar-refractivity contribution in [1.82, 2.24) is 14.5 Å². The van der Waals surface area contributed by atoms with Gasteiger partial charge in [0.1, 0.15) is 11.6 Å². The predicted octanol–water partition coefficient (Wildman–Crippen LogP) is 3.64. The highest BCUT2D eigenvalue weighted by molar-refractivity contribution is 7.13. The average Bonchev–Trinajstić information content (AvgIpc) is 3.50. The number of amides is 1. The van der Waals surface area contributed by atoms with E-state index in [1.165, 1.54) is 0 Å². The van der Waals surface area contributed by atoms with Crippen LogP contribution in [0.4, 0.5) is 0 Å². The number of benzene rings is 1. The highest BCUT2D eigenvalue weighted by Crippen LogP contribution is 2.32. The van der Waals surface area contributed by atoms with Gasteiger partial charge in [-0.05, 0) is 12.1 Å². The van der Waals surface area contributed by atoms with E-state index in [-0.39, 0.29) is 5.91 Å². The Morgan fingerprint density at radius 3 is 2.59 bits per heavy atom. The number of ether oxygens (including phenoxy) is 2. The number of thiazole rings is 1. The van der Waals surface area contributed by atoms with Gasteiger partial charge in [0.25, 0.3) is 0 Å². The quantitative estimate of drug-likeness (QED) is 0.660. The second-order valence-corrected chi connectivity index (χ2v) is 8.27. The van der Waals surface area contributed by atoms with Gasteiger partial charge in [0, 0.05) is 43.1 Å². The molecule has 0 bridgehead atoms. The Balaban J connectivity index is 1.27. The summed E-state index contributed by atoms with van der Waals surface area (Å²) in [7, 11) is 0. The van der Waals surface area contributed by atoms with Crippen LogP contribution in [0.1, 0.15) is 12.8 Å². The summed E-state index contributed by atoms with van der Waals surface area (Å²) in [5.74, 6) is -0.334. The Hall–Kier alpha value is -2.48. The predicted molar refractivity (Wildman–Crippen MR) is 111 cm³/mol. The summed E-state index contributed by atoms with van der Waals surface area (Å²) in [6.07, 6.45) is 3.43. The van der Waals surface area contributed by atoms with Crippen LogP contribution < -0.4 is 0 Å². The van der Waals surface area contributed by atoms with Crippen LogP contribution in [0.25, 0.3) is 22.0 Å². The van der Waals surface area contributed by atoms with Gasteiger partial charge in [0.05, 0.1) is 24.6 Å². The highest BCUT2D eigenvalue weighted by atomic mass is 32.1. The summed E-state index contributed by atoms with van der Waals surface area (Å²) in [5.41, 5.74) is 3.03. The lowest BCUT2D eigenvalue weighted by Crippen LogP contribution is -2.48. The van der Waals surface area contributed by atoms with E-state index in [9.17, 15) is 4.79 Å². The number of carbonyl (C=O) groups is 1. The second kappa shape index (κ2) is 7.74. The largest absolute Gasteiger partial charge is 0.347 e. The van der Waals surface area contributed by atoms with Crippen LogP contribution in [0.15, 0.2) is 54.0 Å². The molecular formula is C22H23N3O3S. The first-order valence-corrected chi connectivity index (χ1v) is 10.8. The van der Waals surface area contributed by atoms with Crippen molar-refractivity contribution in [2.75, 3.05) is 26.3 Å². The smallest absolute Gasteiger partial charge is 0.242 e. The molecule has 0 aliphatic carbocycles. The molecule has 0 unspecified atom stereocenters. The fraction of sp³-hybridized carbons (Fsp3) is 0.364. The first-order chi connectivity index (χ1) is 14.2. The first kappa shape index (κ1) is 18.5. The topological polar surface area (TPSA) is 56.6 Å². The van der Waals surface area contributed by atoms with E-state index < -0.39 is 5.79 Å². The van der Waals surface area contributed by atoms with Crippen molar-refractivity contribution < 1.29 is 14.3 Å². The third kappa shape index (κ3) is 3.73. The molecule has 0 radical (unpaired) electrons. The van der Waals surface area contributed by atoms with Crippen LogP contribution in [0.5, 0.6) is 0 Å². The van der Waals surface area contributed by atoms with Crippen LogP contribution in [-0.4, -0.2) is 52.4 Å². The minimum atomic E-state index is -0.454. The minimum Gasteiger partial charge on any atom is -0.347 e. The van der Waals surface area contributed by atoms with Crippen LogP contribution in [-0.2, 0) is 20.8 Å².